The molecule has 0 spiro atoms. The lowest BCUT2D eigenvalue weighted by molar-refractivity contribution is 0.484. The van der Waals surface area contributed by atoms with E-state index >= 15 is 0 Å². The molecule has 5 rings (SSSR count). The highest BCUT2D eigenvalue weighted by atomic mass is 79.9. The van der Waals surface area contributed by atoms with E-state index in [-0.39, 0.29) is 6.04 Å². The predicted molar refractivity (Wildman–Crippen MR) is 104 cm³/mol. The molecule has 4 aromatic heterocycles. The lowest BCUT2D eigenvalue weighted by Gasteiger charge is -2.10. The van der Waals surface area contributed by atoms with Crippen LogP contribution in [0.3, 0.4) is 0 Å². The van der Waals surface area contributed by atoms with Gasteiger partial charge in [0, 0.05) is 6.20 Å². The average Bonchev–Trinajstić information content (AvgIpc) is 3.40. The maximum Gasteiger partial charge on any atom is 0.176 e. The first-order valence-electron chi connectivity index (χ1n) is 8.58. The molecular weight excluding hydrogens is 408 g/mol. The third-order valence-electron chi connectivity index (χ3n) is 4.50. The van der Waals surface area contributed by atoms with Gasteiger partial charge in [-0.15, -0.1) is 5.10 Å². The van der Waals surface area contributed by atoms with Crippen molar-refractivity contribution in [2.75, 3.05) is 0 Å². The van der Waals surface area contributed by atoms with Crippen LogP contribution in [0.15, 0.2) is 59.7 Å². The molecule has 0 unspecified atom stereocenters. The Labute approximate surface area is 162 Å². The Morgan fingerprint density at radius 3 is 2.67 bits per heavy atom. The van der Waals surface area contributed by atoms with Gasteiger partial charge in [-0.05, 0) is 34.5 Å². The molecule has 5 aromatic rings. The summed E-state index contributed by atoms with van der Waals surface area (Å²) in [6.45, 7) is 2.09. The second-order valence-electron chi connectivity index (χ2n) is 6.17. The Morgan fingerprint density at radius 1 is 1.07 bits per heavy atom. The van der Waals surface area contributed by atoms with Crippen LogP contribution in [0.1, 0.15) is 25.2 Å². The molecule has 27 heavy (non-hydrogen) atoms. The lowest BCUT2D eigenvalue weighted by atomic mass is 10.2. The van der Waals surface area contributed by atoms with Crippen LogP contribution in [0.25, 0.3) is 22.4 Å². The first-order chi connectivity index (χ1) is 13.2. The number of halogens is 1. The molecule has 0 fully saturated rings. The Morgan fingerprint density at radius 2 is 1.93 bits per heavy atom. The Kier molecular flexibility index (Phi) is 3.75. The second-order valence-corrected chi connectivity index (χ2v) is 7.09. The number of hydrogen-bond acceptors (Lipinski definition) is 5. The molecule has 0 saturated carbocycles. The predicted octanol–water partition coefficient (Wildman–Crippen LogP) is 3.42. The third-order valence-corrected chi connectivity index (χ3v) is 4.91. The molecule has 0 N–H and O–H groups in total. The van der Waals surface area contributed by atoms with Crippen LogP contribution < -0.4 is 0 Å². The number of fused-ring (bicyclic) bond motifs is 3. The fourth-order valence-corrected chi connectivity index (χ4v) is 3.51. The molecule has 0 aliphatic heterocycles. The van der Waals surface area contributed by atoms with Crippen LogP contribution in [0.5, 0.6) is 0 Å². The summed E-state index contributed by atoms with van der Waals surface area (Å²) in [5.74, 6) is 0.704. The number of para-hydroxylation sites is 1. The van der Waals surface area contributed by atoms with Gasteiger partial charge in [-0.2, -0.15) is 10.2 Å². The van der Waals surface area contributed by atoms with Crippen LogP contribution in [0, 0.1) is 0 Å². The van der Waals surface area contributed by atoms with E-state index in [4.69, 9.17) is 4.98 Å². The topological polar surface area (TPSA) is 78.7 Å². The highest BCUT2D eigenvalue weighted by Crippen LogP contribution is 2.24. The number of nitrogens with zero attached hydrogens (tertiary/aromatic N) is 8. The summed E-state index contributed by atoms with van der Waals surface area (Å²) < 4.78 is 6.32. The van der Waals surface area contributed by atoms with Crippen molar-refractivity contribution in [1.29, 1.82) is 0 Å². The van der Waals surface area contributed by atoms with Crippen molar-refractivity contribution in [3.05, 3.63) is 65.5 Å². The molecule has 1 aromatic carbocycles. The summed E-state index contributed by atoms with van der Waals surface area (Å²) in [5, 5.41) is 14.4. The summed E-state index contributed by atoms with van der Waals surface area (Å²) in [5.41, 5.74) is 2.45. The first kappa shape index (κ1) is 16.1. The van der Waals surface area contributed by atoms with Gasteiger partial charge in [0.15, 0.2) is 17.1 Å². The number of hydrogen-bond donors (Lipinski definition) is 0. The highest BCUT2D eigenvalue weighted by molar-refractivity contribution is 9.10. The molecular formula is C18H15BrN8. The normalized spacial score (nSPS) is 12.8. The van der Waals surface area contributed by atoms with Crippen LogP contribution in [-0.2, 0) is 0 Å². The molecule has 0 saturated heterocycles. The smallest absolute Gasteiger partial charge is 0.176 e. The Balaban J connectivity index is 1.65. The molecule has 0 aliphatic carbocycles. The highest BCUT2D eigenvalue weighted by Gasteiger charge is 2.20. The van der Waals surface area contributed by atoms with Gasteiger partial charge in [0.25, 0.3) is 0 Å². The van der Waals surface area contributed by atoms with Crippen LogP contribution >= 0.6 is 15.9 Å². The third kappa shape index (κ3) is 2.62. The number of rotatable bonds is 4. The number of aromatic nitrogens is 8. The van der Waals surface area contributed by atoms with Crippen LogP contribution in [0.2, 0.25) is 0 Å². The SMILES string of the molecule is CC[C@@H](c1nc2c3cnn(-c4ccccc4)c3ncn2n1)n1cc(Br)cn1. The van der Waals surface area contributed by atoms with E-state index in [1.807, 2.05) is 45.9 Å². The maximum atomic E-state index is 4.79. The van der Waals surface area contributed by atoms with Gasteiger partial charge in [0.05, 0.1) is 27.9 Å². The molecule has 0 radical (unpaired) electrons. The molecule has 0 bridgehead atoms. The Bertz CT molecular complexity index is 1240. The summed E-state index contributed by atoms with van der Waals surface area (Å²) in [6, 6.07) is 9.88. The van der Waals surface area contributed by atoms with Gasteiger partial charge >= 0.3 is 0 Å². The standard InChI is InChI=1S/C18H15BrN8/c1-2-15(25-10-12(19)8-21-25)16-23-18-14-9-22-27(13-6-4-3-5-7-13)17(14)20-11-26(18)24-16/h3-11,15H,2H2,1H3/t15-/m0/s1. The van der Waals surface area contributed by atoms with Crippen molar-refractivity contribution < 1.29 is 0 Å². The van der Waals surface area contributed by atoms with Gasteiger partial charge in [-0.3, -0.25) is 4.68 Å². The van der Waals surface area contributed by atoms with Crippen molar-refractivity contribution in [3.63, 3.8) is 0 Å². The van der Waals surface area contributed by atoms with Gasteiger partial charge < -0.3 is 0 Å². The van der Waals surface area contributed by atoms with Gasteiger partial charge in [-0.25, -0.2) is 19.2 Å². The van der Waals surface area contributed by atoms with E-state index in [0.29, 0.717) is 5.82 Å². The molecule has 4 heterocycles. The molecule has 1 atom stereocenters. The quantitative estimate of drug-likeness (QED) is 0.443. The van der Waals surface area contributed by atoms with Crippen molar-refractivity contribution in [3.8, 4) is 5.69 Å². The van der Waals surface area contributed by atoms with E-state index in [1.54, 1.807) is 23.2 Å². The van der Waals surface area contributed by atoms with Crippen LogP contribution in [0.4, 0.5) is 0 Å². The van der Waals surface area contributed by atoms with E-state index < -0.39 is 0 Å². The molecule has 8 nitrogen and oxygen atoms in total. The van der Waals surface area contributed by atoms with Crippen molar-refractivity contribution in [2.45, 2.75) is 19.4 Å². The Hall–Kier alpha value is -3.07. The lowest BCUT2D eigenvalue weighted by Crippen LogP contribution is -2.12. The first-order valence-corrected chi connectivity index (χ1v) is 9.38. The minimum Gasteiger partial charge on any atom is -0.261 e. The number of benzene rings is 1. The van der Waals surface area contributed by atoms with Crippen molar-refractivity contribution in [1.82, 2.24) is 39.1 Å². The van der Waals surface area contributed by atoms with Crippen molar-refractivity contribution >= 4 is 32.6 Å². The van der Waals surface area contributed by atoms with E-state index in [9.17, 15) is 0 Å². The van der Waals surface area contributed by atoms with E-state index in [2.05, 4.69) is 43.1 Å². The maximum absolute atomic E-state index is 4.79. The van der Waals surface area contributed by atoms with Gasteiger partial charge in [0.2, 0.25) is 0 Å². The fraction of sp³-hybridized carbons (Fsp3) is 0.167. The average molecular weight is 423 g/mol. The van der Waals surface area contributed by atoms with Crippen molar-refractivity contribution in [2.24, 2.45) is 0 Å². The largest absolute Gasteiger partial charge is 0.261 e. The molecule has 134 valence electrons. The summed E-state index contributed by atoms with van der Waals surface area (Å²) >= 11 is 3.44. The minimum atomic E-state index is -0.0459. The molecule has 0 amide bonds. The summed E-state index contributed by atoms with van der Waals surface area (Å²) in [7, 11) is 0. The van der Waals surface area contributed by atoms with Gasteiger partial charge in [-0.1, -0.05) is 25.1 Å². The fourth-order valence-electron chi connectivity index (χ4n) is 3.21. The van der Waals surface area contributed by atoms with Gasteiger partial charge in [0.1, 0.15) is 12.4 Å². The van der Waals surface area contributed by atoms with E-state index in [1.165, 1.54) is 0 Å². The second kappa shape index (κ2) is 6.27. The monoisotopic (exact) mass is 422 g/mol. The summed E-state index contributed by atoms with van der Waals surface area (Å²) in [4.78, 5) is 9.34. The zero-order valence-electron chi connectivity index (χ0n) is 14.4. The zero-order valence-corrected chi connectivity index (χ0v) is 16.0. The van der Waals surface area contributed by atoms with Crippen LogP contribution in [-0.4, -0.2) is 39.1 Å². The molecule has 9 heteroatoms. The summed E-state index contributed by atoms with van der Waals surface area (Å²) in [6.07, 6.45) is 7.99. The zero-order chi connectivity index (χ0) is 18.4. The van der Waals surface area contributed by atoms with E-state index in [0.717, 1.165) is 33.3 Å². The molecule has 0 aliphatic rings. The minimum absolute atomic E-state index is 0.0459.